The Hall–Kier alpha value is -1.35. The van der Waals surface area contributed by atoms with Gasteiger partial charge >= 0.3 is 5.97 Å². The number of esters is 1. The topological polar surface area (TPSA) is 35.5 Å². The van der Waals surface area contributed by atoms with Crippen LogP contribution in [0.25, 0.3) is 0 Å². The van der Waals surface area contributed by atoms with Crippen LogP contribution >= 0.6 is 0 Å². The molecule has 1 aromatic carbocycles. The fourth-order valence-electron chi connectivity index (χ4n) is 1.95. The molecular weight excluding hydrogens is 264 g/mol. The third kappa shape index (κ3) is 7.86. The first-order valence-electron chi connectivity index (χ1n) is 8.03. The van der Waals surface area contributed by atoms with Gasteiger partial charge in [0.25, 0.3) is 0 Å². The molecule has 3 nitrogen and oxygen atoms in total. The Kier molecular flexibility index (Phi) is 11.6. The number of unbranched alkanes of at least 4 members (excludes halogenated alkanes) is 1. The summed E-state index contributed by atoms with van der Waals surface area (Å²) in [6.07, 6.45) is 3.11. The van der Waals surface area contributed by atoms with E-state index in [2.05, 4.69) is 6.92 Å². The van der Waals surface area contributed by atoms with Gasteiger partial charge in [-0.25, -0.2) is 4.79 Å². The van der Waals surface area contributed by atoms with Crippen molar-refractivity contribution in [2.75, 3.05) is 19.8 Å². The lowest BCUT2D eigenvalue weighted by Gasteiger charge is -2.09. The molecule has 0 saturated heterocycles. The average Bonchev–Trinajstić information content (AvgIpc) is 2.51. The van der Waals surface area contributed by atoms with Crippen LogP contribution in [-0.4, -0.2) is 25.8 Å². The van der Waals surface area contributed by atoms with Gasteiger partial charge in [-0.1, -0.05) is 19.9 Å². The molecule has 0 heterocycles. The van der Waals surface area contributed by atoms with Crippen LogP contribution in [-0.2, 0) is 15.9 Å². The van der Waals surface area contributed by atoms with Gasteiger partial charge in [0.1, 0.15) is 0 Å². The summed E-state index contributed by atoms with van der Waals surface area (Å²) in [6, 6.07) is 5.77. The van der Waals surface area contributed by atoms with Crippen molar-refractivity contribution in [2.45, 2.75) is 53.9 Å². The largest absolute Gasteiger partial charge is 0.462 e. The Morgan fingerprint density at radius 3 is 2.43 bits per heavy atom. The van der Waals surface area contributed by atoms with Crippen molar-refractivity contribution in [3.05, 3.63) is 34.9 Å². The maximum absolute atomic E-state index is 11.7. The second-order valence-corrected chi connectivity index (χ2v) is 4.52. The molecule has 0 aliphatic carbocycles. The zero-order chi connectivity index (χ0) is 16.1. The first kappa shape index (κ1) is 19.7. The molecule has 0 spiro atoms. The average molecular weight is 294 g/mol. The molecule has 0 atom stereocenters. The minimum absolute atomic E-state index is 0.238. The summed E-state index contributed by atoms with van der Waals surface area (Å²) in [5, 5.41) is 0. The molecule has 120 valence electrons. The lowest BCUT2D eigenvalue weighted by Crippen LogP contribution is -2.06. The van der Waals surface area contributed by atoms with Crippen molar-refractivity contribution < 1.29 is 14.3 Å². The van der Waals surface area contributed by atoms with Crippen LogP contribution in [0.1, 0.15) is 62.0 Å². The molecule has 0 radical (unpaired) electrons. The number of carbonyl (C=O) groups is 1. The van der Waals surface area contributed by atoms with Gasteiger partial charge in [-0.05, 0) is 63.3 Å². The summed E-state index contributed by atoms with van der Waals surface area (Å²) < 4.78 is 10.3. The molecule has 0 fully saturated rings. The van der Waals surface area contributed by atoms with Gasteiger partial charge in [0, 0.05) is 13.2 Å². The van der Waals surface area contributed by atoms with Crippen molar-refractivity contribution >= 4 is 5.97 Å². The van der Waals surface area contributed by atoms with Crippen molar-refractivity contribution in [2.24, 2.45) is 0 Å². The summed E-state index contributed by atoms with van der Waals surface area (Å²) >= 11 is 0. The predicted molar refractivity (Wildman–Crippen MR) is 87.9 cm³/mol. The molecule has 0 aliphatic heterocycles. The van der Waals surface area contributed by atoms with Crippen LogP contribution in [0.3, 0.4) is 0 Å². The second-order valence-electron chi connectivity index (χ2n) is 4.52. The molecule has 0 bridgehead atoms. The summed E-state index contributed by atoms with van der Waals surface area (Å²) in [5.41, 5.74) is 3.10. The molecule has 1 aromatic rings. The molecule has 0 aliphatic rings. The minimum atomic E-state index is -0.238. The Morgan fingerprint density at radius 2 is 1.81 bits per heavy atom. The first-order valence-corrected chi connectivity index (χ1v) is 8.03. The molecule has 3 heteroatoms. The summed E-state index contributed by atoms with van der Waals surface area (Å²) in [5.74, 6) is -0.238. The number of benzene rings is 1. The summed E-state index contributed by atoms with van der Waals surface area (Å²) in [4.78, 5) is 11.7. The monoisotopic (exact) mass is 294 g/mol. The van der Waals surface area contributed by atoms with E-state index >= 15 is 0 Å². The van der Waals surface area contributed by atoms with Crippen molar-refractivity contribution in [1.29, 1.82) is 0 Å². The second kappa shape index (κ2) is 12.4. The molecule has 0 saturated carbocycles. The lowest BCUT2D eigenvalue weighted by atomic mass is 10.00. The quantitative estimate of drug-likeness (QED) is 0.521. The fourth-order valence-corrected chi connectivity index (χ4v) is 1.95. The van der Waals surface area contributed by atoms with Crippen molar-refractivity contribution in [3.63, 3.8) is 0 Å². The van der Waals surface area contributed by atoms with E-state index in [1.807, 2.05) is 45.9 Å². The SMILES string of the molecule is CC.CCOCCCCc1cc(C(=O)OCC)ccc1C. The highest BCUT2D eigenvalue weighted by Gasteiger charge is 2.08. The zero-order valence-corrected chi connectivity index (χ0v) is 14.2. The molecule has 0 aromatic heterocycles. The van der Waals surface area contributed by atoms with Gasteiger partial charge in [0.15, 0.2) is 0 Å². The van der Waals surface area contributed by atoms with E-state index in [1.54, 1.807) is 0 Å². The highest BCUT2D eigenvalue weighted by Crippen LogP contribution is 2.15. The maximum Gasteiger partial charge on any atom is 0.338 e. The highest BCUT2D eigenvalue weighted by atomic mass is 16.5. The number of ether oxygens (including phenoxy) is 2. The van der Waals surface area contributed by atoms with Crippen molar-refractivity contribution in [1.82, 2.24) is 0 Å². The van der Waals surface area contributed by atoms with Crippen LogP contribution in [0.15, 0.2) is 18.2 Å². The smallest absolute Gasteiger partial charge is 0.338 e. The van der Waals surface area contributed by atoms with E-state index in [1.165, 1.54) is 11.1 Å². The molecule has 1 rings (SSSR count). The lowest BCUT2D eigenvalue weighted by molar-refractivity contribution is 0.0526. The van der Waals surface area contributed by atoms with Gasteiger partial charge in [0.05, 0.1) is 12.2 Å². The van der Waals surface area contributed by atoms with Gasteiger partial charge in [-0.2, -0.15) is 0 Å². The number of hydrogen-bond donors (Lipinski definition) is 0. The zero-order valence-electron chi connectivity index (χ0n) is 14.2. The van der Waals surface area contributed by atoms with Gasteiger partial charge in [0.2, 0.25) is 0 Å². The van der Waals surface area contributed by atoms with Crippen molar-refractivity contribution in [3.8, 4) is 0 Å². The number of aryl methyl sites for hydroxylation is 2. The third-order valence-corrected chi connectivity index (χ3v) is 3.05. The van der Waals surface area contributed by atoms with Crippen LogP contribution in [0.2, 0.25) is 0 Å². The normalized spacial score (nSPS) is 9.76. The minimum Gasteiger partial charge on any atom is -0.462 e. The Bertz CT molecular complexity index is 399. The van der Waals surface area contributed by atoms with Gasteiger partial charge < -0.3 is 9.47 Å². The van der Waals surface area contributed by atoms with Crippen LogP contribution in [0.4, 0.5) is 0 Å². The van der Waals surface area contributed by atoms with Crippen LogP contribution in [0, 0.1) is 6.92 Å². The van der Waals surface area contributed by atoms with E-state index < -0.39 is 0 Å². The highest BCUT2D eigenvalue weighted by molar-refractivity contribution is 5.89. The third-order valence-electron chi connectivity index (χ3n) is 3.05. The molecule has 0 amide bonds. The Morgan fingerprint density at radius 1 is 1.10 bits per heavy atom. The molecule has 0 N–H and O–H groups in total. The summed E-state index contributed by atoms with van der Waals surface area (Å²) in [7, 11) is 0. The van der Waals surface area contributed by atoms with Crippen LogP contribution < -0.4 is 0 Å². The predicted octanol–water partition coefficient (Wildman–Crippen LogP) is 4.56. The molecular formula is C18H30O3. The number of hydrogen-bond acceptors (Lipinski definition) is 3. The van der Waals surface area contributed by atoms with E-state index in [9.17, 15) is 4.79 Å². The molecule has 21 heavy (non-hydrogen) atoms. The summed E-state index contributed by atoms with van der Waals surface area (Å²) in [6.45, 7) is 11.9. The van der Waals surface area contributed by atoms with Gasteiger partial charge in [-0.3, -0.25) is 0 Å². The standard InChI is InChI=1S/C16H24O3.C2H6/c1-4-18-11-7-6-8-14-12-15(10-9-13(14)3)16(17)19-5-2;1-2/h9-10,12H,4-8,11H2,1-3H3;1-2H3. The van der Waals surface area contributed by atoms with E-state index in [0.717, 1.165) is 32.5 Å². The fraction of sp³-hybridized carbons (Fsp3) is 0.611. The van der Waals surface area contributed by atoms with Crippen LogP contribution in [0.5, 0.6) is 0 Å². The maximum atomic E-state index is 11.7. The van der Waals surface area contributed by atoms with Gasteiger partial charge in [-0.15, -0.1) is 0 Å². The van der Waals surface area contributed by atoms with E-state index in [4.69, 9.17) is 9.47 Å². The first-order chi connectivity index (χ1) is 10.2. The Balaban J connectivity index is 0.00000191. The van der Waals surface area contributed by atoms with E-state index in [0.29, 0.717) is 12.2 Å². The van der Waals surface area contributed by atoms with E-state index in [-0.39, 0.29) is 5.97 Å². The molecule has 0 unspecified atom stereocenters. The Labute approximate surface area is 129 Å². The number of rotatable bonds is 8. The number of carbonyl (C=O) groups excluding carboxylic acids is 1.